The first kappa shape index (κ1) is 19.2. The van der Waals surface area contributed by atoms with E-state index in [0.717, 1.165) is 22.6 Å². The summed E-state index contributed by atoms with van der Waals surface area (Å²) in [6.45, 7) is 4.70. The first-order chi connectivity index (χ1) is 13.9. The normalized spacial score (nSPS) is 11.4. The highest BCUT2D eigenvalue weighted by Gasteiger charge is 2.15. The molecule has 150 valence electrons. The molecule has 0 fully saturated rings. The maximum atomic E-state index is 6.18. The summed E-state index contributed by atoms with van der Waals surface area (Å²) in [5.41, 5.74) is 4.54. The van der Waals surface area contributed by atoms with Crippen LogP contribution in [0.25, 0.3) is 16.9 Å². The van der Waals surface area contributed by atoms with Crippen LogP contribution in [-0.4, -0.2) is 43.4 Å². The molecule has 1 aromatic carbocycles. The Kier molecular flexibility index (Phi) is 5.10. The minimum Gasteiger partial charge on any atom is -0.375 e. The molecule has 9 heteroatoms. The number of fused-ring (bicyclic) bond motifs is 1. The second-order valence-electron chi connectivity index (χ2n) is 7.28. The monoisotopic (exact) mass is 410 g/mol. The van der Waals surface area contributed by atoms with Gasteiger partial charge in [0.25, 0.3) is 0 Å². The molecule has 0 aliphatic rings. The van der Waals surface area contributed by atoms with Gasteiger partial charge < -0.3 is 14.8 Å². The number of rotatable bonds is 6. The maximum absolute atomic E-state index is 6.18. The van der Waals surface area contributed by atoms with Crippen LogP contribution in [0.1, 0.15) is 25.5 Å². The summed E-state index contributed by atoms with van der Waals surface area (Å²) in [6, 6.07) is 8.34. The number of anilines is 2. The molecule has 0 spiro atoms. The molecular weight excluding hydrogens is 388 g/mol. The molecule has 1 N–H and O–H groups in total. The van der Waals surface area contributed by atoms with Gasteiger partial charge in [-0.25, -0.2) is 9.67 Å². The topological polar surface area (TPSA) is 76.7 Å². The molecule has 0 radical (unpaired) electrons. The first-order valence-corrected chi connectivity index (χ1v) is 9.76. The first-order valence-electron chi connectivity index (χ1n) is 9.38. The van der Waals surface area contributed by atoms with Crippen LogP contribution >= 0.6 is 11.6 Å². The van der Waals surface area contributed by atoms with Crippen LogP contribution in [0.15, 0.2) is 43.0 Å². The summed E-state index contributed by atoms with van der Waals surface area (Å²) in [6.07, 6.45) is 5.62. The number of hydrogen-bond acceptors (Lipinski definition) is 6. The summed E-state index contributed by atoms with van der Waals surface area (Å²) in [4.78, 5) is 15.2. The van der Waals surface area contributed by atoms with Gasteiger partial charge in [0.1, 0.15) is 0 Å². The fourth-order valence-corrected chi connectivity index (χ4v) is 3.29. The Morgan fingerprint density at radius 3 is 2.69 bits per heavy atom. The van der Waals surface area contributed by atoms with E-state index in [2.05, 4.69) is 45.3 Å². The molecule has 8 nitrogen and oxygen atoms in total. The van der Waals surface area contributed by atoms with E-state index in [1.807, 2.05) is 58.8 Å². The van der Waals surface area contributed by atoms with Crippen molar-refractivity contribution in [3.63, 3.8) is 0 Å². The van der Waals surface area contributed by atoms with Crippen molar-refractivity contribution in [2.75, 3.05) is 24.3 Å². The van der Waals surface area contributed by atoms with E-state index in [9.17, 15) is 0 Å². The minimum absolute atomic E-state index is 0.193. The van der Waals surface area contributed by atoms with Crippen LogP contribution in [0.5, 0.6) is 0 Å². The van der Waals surface area contributed by atoms with Gasteiger partial charge in [-0.3, -0.25) is 0 Å². The smallest absolute Gasteiger partial charge is 0.226 e. The lowest BCUT2D eigenvalue weighted by atomic mass is 10.2. The molecule has 29 heavy (non-hydrogen) atoms. The van der Waals surface area contributed by atoms with Crippen LogP contribution < -0.4 is 10.2 Å². The summed E-state index contributed by atoms with van der Waals surface area (Å²) in [5.74, 6) is 0.614. The van der Waals surface area contributed by atoms with Crippen molar-refractivity contribution in [1.82, 2.24) is 29.3 Å². The van der Waals surface area contributed by atoms with Crippen LogP contribution in [0.4, 0.5) is 11.5 Å². The Morgan fingerprint density at radius 1 is 1.17 bits per heavy atom. The lowest BCUT2D eigenvalue weighted by Gasteiger charge is -2.12. The van der Waals surface area contributed by atoms with Gasteiger partial charge in [-0.05, 0) is 37.1 Å². The number of benzene rings is 1. The fraction of sp³-hybridized carbons (Fsp3) is 0.300. The summed E-state index contributed by atoms with van der Waals surface area (Å²) in [5, 5.41) is 8.06. The molecule has 0 aliphatic heterocycles. The third-order valence-electron chi connectivity index (χ3n) is 4.72. The van der Waals surface area contributed by atoms with E-state index in [4.69, 9.17) is 11.6 Å². The van der Waals surface area contributed by atoms with Crippen LogP contribution in [0, 0.1) is 0 Å². The van der Waals surface area contributed by atoms with Crippen LogP contribution in [0.2, 0.25) is 5.28 Å². The number of imidazole rings is 1. The molecule has 3 heterocycles. The lowest BCUT2D eigenvalue weighted by Crippen LogP contribution is -2.09. The lowest BCUT2D eigenvalue weighted by molar-refractivity contribution is 0.612. The van der Waals surface area contributed by atoms with Crippen molar-refractivity contribution in [1.29, 1.82) is 0 Å². The SMILES string of the molecule is CC(C)n1cnc2c(NCc3ccccc3-n3cc(N(C)C)cn3)nc(Cl)nc21. The van der Waals surface area contributed by atoms with Gasteiger partial charge in [-0.2, -0.15) is 15.1 Å². The highest BCUT2D eigenvalue weighted by molar-refractivity contribution is 6.28. The van der Waals surface area contributed by atoms with E-state index in [1.54, 1.807) is 6.33 Å². The summed E-state index contributed by atoms with van der Waals surface area (Å²) >= 11 is 6.18. The van der Waals surface area contributed by atoms with E-state index in [1.165, 1.54) is 0 Å². The molecule has 4 rings (SSSR count). The standard InChI is InChI=1S/C20H23ClN8/c1-13(2)28-12-23-17-18(25-20(21)26-19(17)28)22-9-14-7-5-6-8-16(14)29-11-15(10-24-29)27(3)4/h5-8,10-13H,9H2,1-4H3,(H,22,25,26). The van der Waals surface area contributed by atoms with Crippen molar-refractivity contribution >= 4 is 34.3 Å². The zero-order valence-electron chi connectivity index (χ0n) is 16.8. The minimum atomic E-state index is 0.193. The summed E-state index contributed by atoms with van der Waals surface area (Å²) in [7, 11) is 3.99. The van der Waals surface area contributed by atoms with Gasteiger partial charge in [0.2, 0.25) is 5.28 Å². The van der Waals surface area contributed by atoms with Gasteiger partial charge in [0.05, 0.1) is 30.1 Å². The molecule has 3 aromatic heterocycles. The van der Waals surface area contributed by atoms with Crippen molar-refractivity contribution in [3.8, 4) is 5.69 Å². The fourth-order valence-electron chi connectivity index (χ4n) is 3.13. The van der Waals surface area contributed by atoms with E-state index >= 15 is 0 Å². The van der Waals surface area contributed by atoms with Crippen molar-refractivity contribution in [2.45, 2.75) is 26.4 Å². The molecule has 0 atom stereocenters. The molecular formula is C20H23ClN8. The molecule has 0 saturated carbocycles. The van der Waals surface area contributed by atoms with Crippen molar-refractivity contribution < 1.29 is 0 Å². The predicted molar refractivity (Wildman–Crippen MR) is 116 cm³/mol. The Labute approximate surface area is 174 Å². The molecule has 0 bridgehead atoms. The predicted octanol–water partition coefficient (Wildman–Crippen LogP) is 3.92. The number of nitrogens with one attached hydrogen (secondary N) is 1. The Balaban J connectivity index is 1.65. The number of halogens is 1. The zero-order chi connectivity index (χ0) is 20.5. The molecule has 0 saturated heterocycles. The van der Waals surface area contributed by atoms with Gasteiger partial charge in [0.15, 0.2) is 17.0 Å². The number of aromatic nitrogens is 6. The van der Waals surface area contributed by atoms with Gasteiger partial charge in [-0.1, -0.05) is 18.2 Å². The van der Waals surface area contributed by atoms with Crippen LogP contribution in [-0.2, 0) is 6.54 Å². The Morgan fingerprint density at radius 2 is 1.97 bits per heavy atom. The zero-order valence-corrected chi connectivity index (χ0v) is 17.6. The van der Waals surface area contributed by atoms with Gasteiger partial charge in [0, 0.05) is 26.7 Å². The molecule has 0 amide bonds. The van der Waals surface area contributed by atoms with E-state index in [-0.39, 0.29) is 11.3 Å². The Hall–Kier alpha value is -3.13. The van der Waals surface area contributed by atoms with E-state index < -0.39 is 0 Å². The number of nitrogens with zero attached hydrogens (tertiary/aromatic N) is 7. The average Bonchev–Trinajstić information content (AvgIpc) is 3.33. The number of hydrogen-bond donors (Lipinski definition) is 1. The third kappa shape index (κ3) is 3.75. The van der Waals surface area contributed by atoms with Crippen molar-refractivity contribution in [3.05, 3.63) is 53.8 Å². The Bertz CT molecular complexity index is 1140. The van der Waals surface area contributed by atoms with Gasteiger partial charge in [-0.15, -0.1) is 0 Å². The maximum Gasteiger partial charge on any atom is 0.226 e. The molecule has 0 aliphatic carbocycles. The molecule has 4 aromatic rings. The average molecular weight is 411 g/mol. The second kappa shape index (κ2) is 7.71. The number of para-hydroxylation sites is 1. The van der Waals surface area contributed by atoms with Crippen LogP contribution in [0.3, 0.4) is 0 Å². The van der Waals surface area contributed by atoms with Crippen molar-refractivity contribution in [2.24, 2.45) is 0 Å². The quantitative estimate of drug-likeness (QED) is 0.485. The van der Waals surface area contributed by atoms with Gasteiger partial charge >= 0.3 is 0 Å². The largest absolute Gasteiger partial charge is 0.375 e. The highest BCUT2D eigenvalue weighted by Crippen LogP contribution is 2.25. The second-order valence-corrected chi connectivity index (χ2v) is 7.62. The third-order valence-corrected chi connectivity index (χ3v) is 4.89. The van der Waals surface area contributed by atoms with E-state index in [0.29, 0.717) is 17.9 Å². The molecule has 0 unspecified atom stereocenters. The summed E-state index contributed by atoms with van der Waals surface area (Å²) < 4.78 is 3.86. The highest BCUT2D eigenvalue weighted by atomic mass is 35.5.